The molecule has 0 bridgehead atoms. The summed E-state index contributed by atoms with van der Waals surface area (Å²) in [5.74, 6) is 0. The Labute approximate surface area is 191 Å². The molecule has 31 heavy (non-hydrogen) atoms. The number of halogens is 2. The fourth-order valence-corrected chi connectivity index (χ4v) is 4.59. The van der Waals surface area contributed by atoms with Crippen LogP contribution in [0.3, 0.4) is 0 Å². The molecule has 4 rings (SSSR count). The van der Waals surface area contributed by atoms with Crippen LogP contribution in [0, 0.1) is 0 Å². The molecule has 0 fully saturated rings. The Morgan fingerprint density at radius 2 is 1.39 bits per heavy atom. The van der Waals surface area contributed by atoms with Crippen LogP contribution in [0.5, 0.6) is 0 Å². The van der Waals surface area contributed by atoms with Gasteiger partial charge in [-0.2, -0.15) is 23.1 Å². The molecule has 0 aliphatic rings. The number of hydrogen-bond donors (Lipinski definition) is 1. The van der Waals surface area contributed by atoms with E-state index in [0.717, 1.165) is 16.7 Å². The third-order valence-electron chi connectivity index (χ3n) is 4.83. The summed E-state index contributed by atoms with van der Waals surface area (Å²) in [5.41, 5.74) is 3.88. The van der Waals surface area contributed by atoms with Gasteiger partial charge in [0.25, 0.3) is 10.0 Å². The molecule has 1 N–H and O–H groups in total. The maximum Gasteiger partial charge on any atom is 0.276 e. The molecule has 0 saturated heterocycles. The van der Waals surface area contributed by atoms with Crippen LogP contribution in [0.15, 0.2) is 83.8 Å². The van der Waals surface area contributed by atoms with Crippen LogP contribution in [0.2, 0.25) is 10.0 Å². The highest BCUT2D eigenvalue weighted by Crippen LogP contribution is 2.33. The molecule has 1 heterocycles. The van der Waals surface area contributed by atoms with Gasteiger partial charge in [0.2, 0.25) is 0 Å². The molecular formula is C23H19Cl2N3O2S. The smallest absolute Gasteiger partial charge is 0.200 e. The molecule has 0 aliphatic heterocycles. The minimum atomic E-state index is -3.85. The van der Waals surface area contributed by atoms with Gasteiger partial charge in [-0.05, 0) is 42.8 Å². The number of benzene rings is 3. The summed E-state index contributed by atoms with van der Waals surface area (Å²) in [4.78, 5) is 4.09. The fraction of sp³-hybridized carbons (Fsp3) is 0.0870. The maximum atomic E-state index is 13.0. The molecule has 5 nitrogen and oxygen atoms in total. The first-order valence-electron chi connectivity index (χ1n) is 9.60. The Balaban J connectivity index is 1.90. The van der Waals surface area contributed by atoms with E-state index in [1.807, 2.05) is 31.2 Å². The second-order valence-corrected chi connectivity index (χ2v) is 9.40. The molecule has 3 aromatic carbocycles. The van der Waals surface area contributed by atoms with Gasteiger partial charge in [0.05, 0.1) is 16.3 Å². The van der Waals surface area contributed by atoms with Crippen LogP contribution < -0.4 is 4.83 Å². The van der Waals surface area contributed by atoms with Crippen molar-refractivity contribution in [2.75, 3.05) is 4.83 Å². The molecule has 0 atom stereocenters. The highest BCUT2D eigenvalue weighted by atomic mass is 35.5. The van der Waals surface area contributed by atoms with Gasteiger partial charge in [-0.15, -0.1) is 0 Å². The van der Waals surface area contributed by atoms with Crippen molar-refractivity contribution in [1.82, 2.24) is 9.89 Å². The van der Waals surface area contributed by atoms with Gasteiger partial charge in [0.15, 0.2) is 0 Å². The van der Waals surface area contributed by atoms with Crippen molar-refractivity contribution in [3.8, 4) is 22.5 Å². The number of nitrogens with zero attached hydrogens (tertiary/aromatic N) is 2. The lowest BCUT2D eigenvalue weighted by atomic mass is 10.0. The average Bonchev–Trinajstić information content (AvgIpc) is 3.13. The number of aromatic nitrogens is 2. The van der Waals surface area contributed by atoms with E-state index in [9.17, 15) is 8.42 Å². The molecule has 0 saturated carbocycles. The highest BCUT2D eigenvalue weighted by Gasteiger charge is 2.23. The van der Waals surface area contributed by atoms with Crippen LogP contribution in [0.25, 0.3) is 22.5 Å². The summed E-state index contributed by atoms with van der Waals surface area (Å²) in [7, 11) is -3.85. The Hall–Kier alpha value is -2.80. The summed E-state index contributed by atoms with van der Waals surface area (Å²) in [6.45, 7) is 2.01. The van der Waals surface area contributed by atoms with Gasteiger partial charge >= 0.3 is 0 Å². The van der Waals surface area contributed by atoms with Crippen molar-refractivity contribution in [2.24, 2.45) is 0 Å². The number of hydrogen-bond acceptors (Lipinski definition) is 3. The van der Waals surface area contributed by atoms with E-state index in [2.05, 4.69) is 9.93 Å². The highest BCUT2D eigenvalue weighted by molar-refractivity contribution is 7.92. The van der Waals surface area contributed by atoms with E-state index in [4.69, 9.17) is 23.2 Å². The molecule has 4 aromatic rings. The summed E-state index contributed by atoms with van der Waals surface area (Å²) < 4.78 is 26.0. The first-order chi connectivity index (χ1) is 14.9. The van der Waals surface area contributed by atoms with Crippen LogP contribution >= 0.6 is 23.2 Å². The van der Waals surface area contributed by atoms with Crippen LogP contribution in [0.1, 0.15) is 12.5 Å². The topological polar surface area (TPSA) is 64.0 Å². The third-order valence-corrected chi connectivity index (χ3v) is 6.64. The number of sulfonamides is 1. The normalized spacial score (nSPS) is 11.5. The molecular weight excluding hydrogens is 453 g/mol. The monoisotopic (exact) mass is 471 g/mol. The van der Waals surface area contributed by atoms with Gasteiger partial charge in [0.1, 0.15) is 0 Å². The molecule has 0 unspecified atom stereocenters. The van der Waals surface area contributed by atoms with Gasteiger partial charge in [0, 0.05) is 26.7 Å². The molecule has 0 spiro atoms. The second-order valence-electron chi connectivity index (χ2n) is 6.86. The zero-order chi connectivity index (χ0) is 22.0. The van der Waals surface area contributed by atoms with Crippen molar-refractivity contribution >= 4 is 33.2 Å². The molecule has 0 amide bonds. The Bertz CT molecular complexity index is 1300. The van der Waals surface area contributed by atoms with E-state index >= 15 is 0 Å². The minimum Gasteiger partial charge on any atom is -0.200 e. The van der Waals surface area contributed by atoms with Gasteiger partial charge < -0.3 is 0 Å². The van der Waals surface area contributed by atoms with Gasteiger partial charge in [-0.25, -0.2) is 0 Å². The molecule has 0 aliphatic carbocycles. The SMILES string of the molecule is CCc1c(-c2ccc(Cl)cc2)nn(NS(=O)(=O)c2ccccc2)c1-c1ccc(Cl)cc1. The fourth-order valence-electron chi connectivity index (χ4n) is 3.36. The molecule has 1 aromatic heterocycles. The van der Waals surface area contributed by atoms with Crippen molar-refractivity contribution in [2.45, 2.75) is 18.2 Å². The van der Waals surface area contributed by atoms with E-state index in [1.54, 1.807) is 42.5 Å². The maximum absolute atomic E-state index is 13.0. The standard InChI is InChI=1S/C23H19Cl2N3O2S/c1-2-21-22(16-8-12-18(24)13-9-16)26-28(23(21)17-10-14-19(25)15-11-17)27-31(29,30)20-6-4-3-5-7-20/h3-15,27H,2H2,1H3. The van der Waals surface area contributed by atoms with E-state index < -0.39 is 10.0 Å². The largest absolute Gasteiger partial charge is 0.276 e. The predicted octanol–water partition coefficient (Wildman–Crippen LogP) is 6.02. The zero-order valence-corrected chi connectivity index (χ0v) is 18.9. The lowest BCUT2D eigenvalue weighted by Crippen LogP contribution is -2.25. The van der Waals surface area contributed by atoms with Crippen molar-refractivity contribution in [3.05, 3.63) is 94.5 Å². The van der Waals surface area contributed by atoms with E-state index in [-0.39, 0.29) is 4.90 Å². The lowest BCUT2D eigenvalue weighted by molar-refractivity contribution is 0.592. The third kappa shape index (κ3) is 4.46. The van der Waals surface area contributed by atoms with Crippen molar-refractivity contribution < 1.29 is 8.42 Å². The summed E-state index contributed by atoms with van der Waals surface area (Å²) in [6, 6.07) is 22.7. The first-order valence-corrected chi connectivity index (χ1v) is 11.8. The quantitative estimate of drug-likeness (QED) is 0.373. The van der Waals surface area contributed by atoms with Gasteiger partial charge in [-0.3, -0.25) is 0 Å². The summed E-state index contributed by atoms with van der Waals surface area (Å²) in [6.07, 6.45) is 0.642. The van der Waals surface area contributed by atoms with Crippen LogP contribution in [-0.2, 0) is 16.4 Å². The molecule has 0 radical (unpaired) electrons. The lowest BCUT2D eigenvalue weighted by Gasteiger charge is -2.12. The average molecular weight is 472 g/mol. The molecule has 158 valence electrons. The zero-order valence-electron chi connectivity index (χ0n) is 16.6. The number of nitrogens with one attached hydrogen (secondary N) is 1. The number of rotatable bonds is 6. The Morgan fingerprint density at radius 3 is 1.94 bits per heavy atom. The van der Waals surface area contributed by atoms with Crippen LogP contribution in [0.4, 0.5) is 0 Å². The first kappa shape index (κ1) is 21.4. The minimum absolute atomic E-state index is 0.152. The van der Waals surface area contributed by atoms with Crippen LogP contribution in [-0.4, -0.2) is 18.3 Å². The summed E-state index contributed by atoms with van der Waals surface area (Å²) >= 11 is 12.1. The van der Waals surface area contributed by atoms with Crippen molar-refractivity contribution in [1.29, 1.82) is 0 Å². The van der Waals surface area contributed by atoms with Gasteiger partial charge in [-0.1, -0.05) is 72.6 Å². The summed E-state index contributed by atoms with van der Waals surface area (Å²) in [5, 5.41) is 5.85. The van der Waals surface area contributed by atoms with E-state index in [1.165, 1.54) is 16.9 Å². The Morgan fingerprint density at radius 1 is 0.839 bits per heavy atom. The predicted molar refractivity (Wildman–Crippen MR) is 125 cm³/mol. The second kappa shape index (κ2) is 8.75. The van der Waals surface area contributed by atoms with E-state index in [0.29, 0.717) is 27.9 Å². The van der Waals surface area contributed by atoms with Crippen molar-refractivity contribution in [3.63, 3.8) is 0 Å². The Kier molecular flexibility index (Phi) is 6.05. The molecule has 8 heteroatoms.